The lowest BCUT2D eigenvalue weighted by Gasteiger charge is -2.07. The highest BCUT2D eigenvalue weighted by Crippen LogP contribution is 2.27. The van der Waals surface area contributed by atoms with Crippen molar-refractivity contribution < 1.29 is 26.5 Å². The summed E-state index contributed by atoms with van der Waals surface area (Å²) in [5.74, 6) is -2.68. The van der Waals surface area contributed by atoms with Crippen LogP contribution in [0, 0.1) is 11.6 Å². The molecule has 0 amide bonds. The predicted octanol–water partition coefficient (Wildman–Crippen LogP) is 2.42. The molecule has 1 heterocycles. The van der Waals surface area contributed by atoms with Crippen LogP contribution in [0.5, 0.6) is 5.75 Å². The molecule has 0 aliphatic rings. The Morgan fingerprint density at radius 3 is 2.43 bits per heavy atom. The van der Waals surface area contributed by atoms with Crippen LogP contribution in [0.2, 0.25) is 0 Å². The van der Waals surface area contributed by atoms with Gasteiger partial charge in [-0.3, -0.25) is 0 Å². The molecule has 2 rings (SSSR count). The van der Waals surface area contributed by atoms with Gasteiger partial charge in [-0.15, -0.1) is 0 Å². The minimum atomic E-state index is -4.23. The molecule has 1 aromatic heterocycles. The average molecular weight is 339 g/mol. The second-order valence-electron chi connectivity index (χ2n) is 3.90. The normalized spacial score (nSPS) is 11.6. The van der Waals surface area contributed by atoms with Gasteiger partial charge in [0.15, 0.2) is 24.0 Å². The largest absolute Gasteiger partial charge is 0.479 e. The van der Waals surface area contributed by atoms with Crippen LogP contribution in [0.25, 0.3) is 0 Å². The van der Waals surface area contributed by atoms with Gasteiger partial charge in [-0.2, -0.15) is 4.98 Å². The van der Waals surface area contributed by atoms with Gasteiger partial charge in [0, 0.05) is 17.1 Å². The Labute approximate surface area is 123 Å². The van der Waals surface area contributed by atoms with Crippen molar-refractivity contribution >= 4 is 19.7 Å². The smallest absolute Gasteiger partial charge is 0.261 e. The van der Waals surface area contributed by atoms with Gasteiger partial charge in [0.25, 0.3) is 9.05 Å². The van der Waals surface area contributed by atoms with Gasteiger partial charge in [0.05, 0.1) is 4.90 Å². The molecule has 0 aliphatic carbocycles. The van der Waals surface area contributed by atoms with Crippen molar-refractivity contribution in [2.24, 2.45) is 0 Å². The van der Waals surface area contributed by atoms with E-state index in [2.05, 4.69) is 10.1 Å². The number of halogens is 3. The van der Waals surface area contributed by atoms with E-state index < -0.39 is 31.3 Å². The molecule has 0 unspecified atom stereocenters. The van der Waals surface area contributed by atoms with Crippen LogP contribution in [0.3, 0.4) is 0 Å². The number of nitrogens with zero attached hydrogens (tertiary/aromatic N) is 2. The number of aryl methyl sites for hydroxylation is 1. The van der Waals surface area contributed by atoms with E-state index in [0.717, 1.165) is 0 Å². The van der Waals surface area contributed by atoms with Crippen LogP contribution in [0.4, 0.5) is 8.78 Å². The molecule has 0 fully saturated rings. The molecular formula is C11H9ClF2N2O4S. The van der Waals surface area contributed by atoms with Crippen LogP contribution < -0.4 is 4.74 Å². The monoisotopic (exact) mass is 338 g/mol. The van der Waals surface area contributed by atoms with Crippen LogP contribution in [-0.4, -0.2) is 18.6 Å². The van der Waals surface area contributed by atoms with Crippen molar-refractivity contribution in [1.82, 2.24) is 10.1 Å². The Morgan fingerprint density at radius 1 is 1.33 bits per heavy atom. The van der Waals surface area contributed by atoms with E-state index >= 15 is 0 Å². The molecule has 0 saturated heterocycles. The molecule has 10 heteroatoms. The topological polar surface area (TPSA) is 82.3 Å². The second-order valence-corrected chi connectivity index (χ2v) is 6.47. The zero-order valence-corrected chi connectivity index (χ0v) is 12.2. The fraction of sp³-hybridized carbons (Fsp3) is 0.273. The summed E-state index contributed by atoms with van der Waals surface area (Å²) in [7, 11) is 0.777. The molecule has 0 N–H and O–H groups in total. The van der Waals surface area contributed by atoms with Crippen LogP contribution in [0.1, 0.15) is 18.6 Å². The molecule has 0 bridgehead atoms. The third kappa shape index (κ3) is 3.67. The van der Waals surface area contributed by atoms with Gasteiger partial charge < -0.3 is 9.26 Å². The highest BCUT2D eigenvalue weighted by molar-refractivity contribution is 8.13. The summed E-state index contributed by atoms with van der Waals surface area (Å²) in [6.07, 6.45) is 0.512. The molecule has 1 aromatic carbocycles. The molecular weight excluding hydrogens is 330 g/mol. The van der Waals surface area contributed by atoms with E-state index in [1.54, 1.807) is 6.92 Å². The van der Waals surface area contributed by atoms with Gasteiger partial charge in [-0.1, -0.05) is 12.1 Å². The summed E-state index contributed by atoms with van der Waals surface area (Å²) < 4.78 is 59.1. The number of hydrogen-bond acceptors (Lipinski definition) is 6. The zero-order chi connectivity index (χ0) is 15.6. The number of aromatic nitrogens is 2. The van der Waals surface area contributed by atoms with Gasteiger partial charge in [0.2, 0.25) is 11.7 Å². The summed E-state index contributed by atoms with van der Waals surface area (Å²) in [6.45, 7) is 1.47. The van der Waals surface area contributed by atoms with Crippen LogP contribution >= 0.6 is 10.7 Å². The molecule has 2 aromatic rings. The summed E-state index contributed by atoms with van der Waals surface area (Å²) in [5, 5.41) is 3.55. The van der Waals surface area contributed by atoms with Crippen LogP contribution in [0.15, 0.2) is 21.6 Å². The maximum atomic E-state index is 13.7. The van der Waals surface area contributed by atoms with E-state index in [0.29, 0.717) is 24.4 Å². The maximum Gasteiger partial charge on any atom is 0.261 e. The van der Waals surface area contributed by atoms with E-state index in [9.17, 15) is 17.2 Å². The Morgan fingerprint density at radius 2 is 1.95 bits per heavy atom. The van der Waals surface area contributed by atoms with E-state index in [-0.39, 0.29) is 12.4 Å². The molecule has 114 valence electrons. The minimum Gasteiger partial charge on any atom is -0.479 e. The number of ether oxygens (including phenoxy) is 1. The standard InChI is InChI=1S/C11H9ClF2N2O4S/c1-2-10-15-9(16-20-10)5-19-11-7(13)3-6(4-8(11)14)21(12,17)18/h3-4H,2,5H2,1H3. The lowest BCUT2D eigenvalue weighted by molar-refractivity contribution is 0.258. The number of benzene rings is 1. The maximum absolute atomic E-state index is 13.7. The third-order valence-corrected chi connectivity index (χ3v) is 3.74. The quantitative estimate of drug-likeness (QED) is 0.779. The molecule has 0 atom stereocenters. The first-order chi connectivity index (χ1) is 9.81. The van der Waals surface area contributed by atoms with Crippen molar-refractivity contribution in [3.8, 4) is 5.75 Å². The Kier molecular flexibility index (Phi) is 4.43. The Hall–Kier alpha value is -1.74. The highest BCUT2D eigenvalue weighted by atomic mass is 35.7. The van der Waals surface area contributed by atoms with E-state index in [1.807, 2.05) is 0 Å². The fourth-order valence-corrected chi connectivity index (χ4v) is 2.20. The molecule has 6 nitrogen and oxygen atoms in total. The third-order valence-electron chi connectivity index (χ3n) is 2.41. The molecule has 0 aliphatic heterocycles. The van der Waals surface area contributed by atoms with Crippen molar-refractivity contribution in [2.75, 3.05) is 0 Å². The average Bonchev–Trinajstić information content (AvgIpc) is 2.84. The van der Waals surface area contributed by atoms with E-state index in [4.69, 9.17) is 19.9 Å². The SMILES string of the molecule is CCc1nc(COc2c(F)cc(S(=O)(=O)Cl)cc2F)no1. The van der Waals surface area contributed by atoms with Crippen molar-refractivity contribution in [1.29, 1.82) is 0 Å². The fourth-order valence-electron chi connectivity index (χ4n) is 1.44. The molecule has 0 radical (unpaired) electrons. The second kappa shape index (κ2) is 5.94. The minimum absolute atomic E-state index is 0.111. The predicted molar refractivity (Wildman–Crippen MR) is 67.4 cm³/mol. The summed E-state index contributed by atoms with van der Waals surface area (Å²) in [6, 6.07) is 1.13. The van der Waals surface area contributed by atoms with Crippen molar-refractivity contribution in [3.63, 3.8) is 0 Å². The van der Waals surface area contributed by atoms with Gasteiger partial charge in [-0.05, 0) is 12.1 Å². The van der Waals surface area contributed by atoms with Gasteiger partial charge >= 0.3 is 0 Å². The van der Waals surface area contributed by atoms with Crippen molar-refractivity contribution in [3.05, 3.63) is 35.5 Å². The first kappa shape index (κ1) is 15.6. The molecule has 0 spiro atoms. The first-order valence-corrected chi connectivity index (χ1v) is 8.00. The highest BCUT2D eigenvalue weighted by Gasteiger charge is 2.19. The first-order valence-electron chi connectivity index (χ1n) is 5.69. The lowest BCUT2D eigenvalue weighted by atomic mass is 10.3. The Bertz CT molecular complexity index is 740. The Balaban J connectivity index is 2.21. The number of rotatable bonds is 5. The van der Waals surface area contributed by atoms with Gasteiger partial charge in [-0.25, -0.2) is 17.2 Å². The van der Waals surface area contributed by atoms with Crippen LogP contribution in [-0.2, 0) is 22.1 Å². The summed E-state index contributed by atoms with van der Waals surface area (Å²) in [5.41, 5.74) is 0. The summed E-state index contributed by atoms with van der Waals surface area (Å²) >= 11 is 0. The van der Waals surface area contributed by atoms with Gasteiger partial charge in [0.1, 0.15) is 0 Å². The lowest BCUT2D eigenvalue weighted by Crippen LogP contribution is -2.03. The van der Waals surface area contributed by atoms with E-state index in [1.165, 1.54) is 0 Å². The zero-order valence-electron chi connectivity index (χ0n) is 10.6. The molecule has 21 heavy (non-hydrogen) atoms. The van der Waals surface area contributed by atoms with Crippen molar-refractivity contribution in [2.45, 2.75) is 24.8 Å². The number of hydrogen-bond donors (Lipinski definition) is 0. The molecule has 0 saturated carbocycles. The summed E-state index contributed by atoms with van der Waals surface area (Å²) in [4.78, 5) is 3.20.